The van der Waals surface area contributed by atoms with Crippen LogP contribution in [0.1, 0.15) is 28.5 Å². The van der Waals surface area contributed by atoms with Crippen LogP contribution in [0.2, 0.25) is 0 Å². The number of aromatic carboxylic acids is 1. The molecule has 5 heteroatoms. The Kier molecular flexibility index (Phi) is 3.75. The molecular formula is C14H14N2O3. The number of carboxylic acid groups (broad SMARTS) is 1. The Morgan fingerprint density at radius 1 is 1.37 bits per heavy atom. The highest BCUT2D eigenvalue weighted by Gasteiger charge is 2.11. The maximum absolute atomic E-state index is 10.9. The van der Waals surface area contributed by atoms with Crippen molar-refractivity contribution in [2.24, 2.45) is 0 Å². The first-order chi connectivity index (χ1) is 9.11. The standard InChI is InChI=1S/C14H14N2O3/c1-3-10-6-4-5-7-12(10)19-14-15-8-11(13(17)18)9(2)16-14/h4-8H,3H2,1-2H3,(H,17,18). The van der Waals surface area contributed by atoms with E-state index in [0.29, 0.717) is 11.4 Å². The predicted octanol–water partition coefficient (Wildman–Crippen LogP) is 2.84. The van der Waals surface area contributed by atoms with Gasteiger partial charge in [-0.25, -0.2) is 9.78 Å². The van der Waals surface area contributed by atoms with Gasteiger partial charge < -0.3 is 9.84 Å². The molecule has 98 valence electrons. The first kappa shape index (κ1) is 13.0. The zero-order valence-electron chi connectivity index (χ0n) is 10.8. The second kappa shape index (κ2) is 5.48. The van der Waals surface area contributed by atoms with Crippen molar-refractivity contribution in [3.8, 4) is 11.8 Å². The van der Waals surface area contributed by atoms with E-state index < -0.39 is 5.97 Å². The van der Waals surface area contributed by atoms with Crippen molar-refractivity contribution in [3.63, 3.8) is 0 Å². The summed E-state index contributed by atoms with van der Waals surface area (Å²) in [5.41, 5.74) is 1.51. The average Bonchev–Trinajstić information content (AvgIpc) is 2.39. The highest BCUT2D eigenvalue weighted by atomic mass is 16.5. The number of hydrogen-bond donors (Lipinski definition) is 1. The second-order valence-corrected chi connectivity index (χ2v) is 4.02. The molecule has 0 fully saturated rings. The molecule has 0 amide bonds. The van der Waals surface area contributed by atoms with Gasteiger partial charge in [-0.05, 0) is 25.0 Å². The fourth-order valence-corrected chi connectivity index (χ4v) is 1.70. The van der Waals surface area contributed by atoms with E-state index in [1.54, 1.807) is 6.92 Å². The third-order valence-corrected chi connectivity index (χ3v) is 2.74. The molecule has 1 heterocycles. The number of aromatic nitrogens is 2. The minimum atomic E-state index is -1.04. The van der Waals surface area contributed by atoms with Gasteiger partial charge in [-0.3, -0.25) is 0 Å². The van der Waals surface area contributed by atoms with Gasteiger partial charge in [0.25, 0.3) is 0 Å². The van der Waals surface area contributed by atoms with E-state index >= 15 is 0 Å². The highest BCUT2D eigenvalue weighted by Crippen LogP contribution is 2.23. The molecule has 1 aromatic heterocycles. The SMILES string of the molecule is CCc1ccccc1Oc1ncc(C(=O)O)c(C)n1. The average molecular weight is 258 g/mol. The third kappa shape index (κ3) is 2.88. The Morgan fingerprint density at radius 2 is 2.11 bits per heavy atom. The fraction of sp³-hybridized carbons (Fsp3) is 0.214. The minimum absolute atomic E-state index is 0.0797. The molecule has 2 rings (SSSR count). The van der Waals surface area contributed by atoms with Crippen LogP contribution in [-0.4, -0.2) is 21.0 Å². The van der Waals surface area contributed by atoms with Crippen molar-refractivity contribution in [1.29, 1.82) is 0 Å². The number of aryl methyl sites for hydroxylation is 2. The van der Waals surface area contributed by atoms with Crippen LogP contribution in [0.15, 0.2) is 30.5 Å². The molecule has 0 aliphatic rings. The molecule has 0 aliphatic carbocycles. The minimum Gasteiger partial charge on any atom is -0.478 e. The molecule has 0 saturated carbocycles. The largest absolute Gasteiger partial charge is 0.478 e. The van der Waals surface area contributed by atoms with Crippen LogP contribution in [0, 0.1) is 6.92 Å². The molecule has 0 radical (unpaired) electrons. The van der Waals surface area contributed by atoms with Gasteiger partial charge in [0.05, 0.1) is 11.3 Å². The molecule has 5 nitrogen and oxygen atoms in total. The molecule has 0 atom stereocenters. The topological polar surface area (TPSA) is 72.3 Å². The van der Waals surface area contributed by atoms with Crippen molar-refractivity contribution in [2.75, 3.05) is 0 Å². The first-order valence-electron chi connectivity index (χ1n) is 5.94. The van der Waals surface area contributed by atoms with Crippen LogP contribution in [0.4, 0.5) is 0 Å². The summed E-state index contributed by atoms with van der Waals surface area (Å²) >= 11 is 0. The molecule has 2 aromatic rings. The highest BCUT2D eigenvalue weighted by molar-refractivity contribution is 5.88. The summed E-state index contributed by atoms with van der Waals surface area (Å²) < 4.78 is 5.60. The van der Waals surface area contributed by atoms with Gasteiger partial charge in [-0.15, -0.1) is 0 Å². The molecule has 0 bridgehead atoms. The van der Waals surface area contributed by atoms with Crippen molar-refractivity contribution < 1.29 is 14.6 Å². The van der Waals surface area contributed by atoms with Gasteiger partial charge in [0.15, 0.2) is 0 Å². The lowest BCUT2D eigenvalue weighted by Crippen LogP contribution is -2.04. The second-order valence-electron chi connectivity index (χ2n) is 4.02. The number of ether oxygens (including phenoxy) is 1. The molecule has 1 aromatic carbocycles. The molecule has 0 spiro atoms. The van der Waals surface area contributed by atoms with Gasteiger partial charge in [-0.2, -0.15) is 4.98 Å². The summed E-state index contributed by atoms with van der Waals surface area (Å²) in [4.78, 5) is 18.8. The van der Waals surface area contributed by atoms with Crippen LogP contribution in [0.25, 0.3) is 0 Å². The summed E-state index contributed by atoms with van der Waals surface area (Å²) in [5.74, 6) is -0.356. The predicted molar refractivity (Wildman–Crippen MR) is 69.6 cm³/mol. The van der Waals surface area contributed by atoms with Gasteiger partial charge in [0.1, 0.15) is 5.75 Å². The Labute approximate surface area is 110 Å². The van der Waals surface area contributed by atoms with E-state index in [1.165, 1.54) is 6.20 Å². The van der Waals surface area contributed by atoms with Gasteiger partial charge in [0, 0.05) is 6.20 Å². The number of para-hydroxylation sites is 1. The molecule has 19 heavy (non-hydrogen) atoms. The summed E-state index contributed by atoms with van der Waals surface area (Å²) in [6.07, 6.45) is 2.09. The van der Waals surface area contributed by atoms with Crippen LogP contribution in [-0.2, 0) is 6.42 Å². The van der Waals surface area contributed by atoms with E-state index in [2.05, 4.69) is 9.97 Å². The zero-order chi connectivity index (χ0) is 13.8. The van der Waals surface area contributed by atoms with Crippen molar-refractivity contribution in [2.45, 2.75) is 20.3 Å². The number of hydrogen-bond acceptors (Lipinski definition) is 4. The van der Waals surface area contributed by atoms with E-state index in [0.717, 1.165) is 12.0 Å². The Bertz CT molecular complexity index is 611. The van der Waals surface area contributed by atoms with Crippen LogP contribution in [0.3, 0.4) is 0 Å². The normalized spacial score (nSPS) is 10.2. The molecule has 0 aliphatic heterocycles. The Hall–Kier alpha value is -2.43. The third-order valence-electron chi connectivity index (χ3n) is 2.74. The maximum Gasteiger partial charge on any atom is 0.339 e. The Balaban J connectivity index is 2.29. The van der Waals surface area contributed by atoms with Gasteiger partial charge in [-0.1, -0.05) is 25.1 Å². The smallest absolute Gasteiger partial charge is 0.339 e. The molecule has 0 unspecified atom stereocenters. The van der Waals surface area contributed by atoms with E-state index in [-0.39, 0.29) is 11.6 Å². The summed E-state index contributed by atoms with van der Waals surface area (Å²) in [6, 6.07) is 7.76. The van der Waals surface area contributed by atoms with Crippen molar-refractivity contribution in [3.05, 3.63) is 47.3 Å². The fourth-order valence-electron chi connectivity index (χ4n) is 1.70. The monoisotopic (exact) mass is 258 g/mol. The number of carbonyl (C=O) groups is 1. The molecular weight excluding hydrogens is 244 g/mol. The summed E-state index contributed by atoms with van der Waals surface area (Å²) in [5, 5.41) is 8.91. The number of nitrogens with zero attached hydrogens (tertiary/aromatic N) is 2. The lowest BCUT2D eigenvalue weighted by Gasteiger charge is -2.09. The zero-order valence-corrected chi connectivity index (χ0v) is 10.8. The van der Waals surface area contributed by atoms with Gasteiger partial charge in [0.2, 0.25) is 0 Å². The number of benzene rings is 1. The number of carboxylic acids is 1. The number of rotatable bonds is 4. The molecule has 0 saturated heterocycles. The van der Waals surface area contributed by atoms with E-state index in [1.807, 2.05) is 31.2 Å². The van der Waals surface area contributed by atoms with Crippen molar-refractivity contribution in [1.82, 2.24) is 9.97 Å². The van der Waals surface area contributed by atoms with Crippen molar-refractivity contribution >= 4 is 5.97 Å². The van der Waals surface area contributed by atoms with E-state index in [9.17, 15) is 4.79 Å². The lowest BCUT2D eigenvalue weighted by atomic mass is 10.1. The first-order valence-corrected chi connectivity index (χ1v) is 5.94. The van der Waals surface area contributed by atoms with Crippen LogP contribution in [0.5, 0.6) is 11.8 Å². The Morgan fingerprint density at radius 3 is 2.74 bits per heavy atom. The summed E-state index contributed by atoms with van der Waals surface area (Å²) in [7, 11) is 0. The summed E-state index contributed by atoms with van der Waals surface area (Å²) in [6.45, 7) is 3.64. The molecule has 1 N–H and O–H groups in total. The van der Waals surface area contributed by atoms with Crippen LogP contribution < -0.4 is 4.74 Å². The van der Waals surface area contributed by atoms with E-state index in [4.69, 9.17) is 9.84 Å². The maximum atomic E-state index is 10.9. The quantitative estimate of drug-likeness (QED) is 0.912. The lowest BCUT2D eigenvalue weighted by molar-refractivity contribution is 0.0695. The van der Waals surface area contributed by atoms with Gasteiger partial charge >= 0.3 is 12.0 Å². The van der Waals surface area contributed by atoms with Crippen LogP contribution >= 0.6 is 0 Å².